The molecule has 1 aliphatic heterocycles. The molecular formula is C16H26N2. The Balaban J connectivity index is 2.24. The second-order valence-electron chi connectivity index (χ2n) is 5.90. The zero-order chi connectivity index (χ0) is 13.2. The van der Waals surface area contributed by atoms with Crippen LogP contribution in [0.15, 0.2) is 24.3 Å². The van der Waals surface area contributed by atoms with Crippen LogP contribution in [0.5, 0.6) is 0 Å². The van der Waals surface area contributed by atoms with Gasteiger partial charge in [0.05, 0.1) is 0 Å². The number of aryl methyl sites for hydroxylation is 1. The van der Waals surface area contributed by atoms with Crippen molar-refractivity contribution in [2.75, 3.05) is 18.0 Å². The number of hydrogen-bond acceptors (Lipinski definition) is 2. The molecule has 0 radical (unpaired) electrons. The molecule has 0 bridgehead atoms. The van der Waals surface area contributed by atoms with Crippen molar-refractivity contribution in [2.45, 2.75) is 45.6 Å². The topological polar surface area (TPSA) is 29.3 Å². The molecule has 0 aliphatic carbocycles. The molecule has 2 N–H and O–H groups in total. The summed E-state index contributed by atoms with van der Waals surface area (Å²) < 4.78 is 0. The maximum absolute atomic E-state index is 5.94. The van der Waals surface area contributed by atoms with Crippen LogP contribution in [0.4, 0.5) is 5.69 Å². The highest BCUT2D eigenvalue weighted by molar-refractivity contribution is 5.50. The molecule has 1 unspecified atom stereocenters. The zero-order valence-corrected chi connectivity index (χ0v) is 11.9. The average Bonchev–Trinajstić information content (AvgIpc) is 2.38. The van der Waals surface area contributed by atoms with E-state index in [0.717, 1.165) is 19.5 Å². The fraction of sp³-hybridized carbons (Fsp3) is 0.625. The predicted molar refractivity (Wildman–Crippen MR) is 79.0 cm³/mol. The lowest BCUT2D eigenvalue weighted by Crippen LogP contribution is -2.55. The maximum Gasteiger partial charge on any atom is 0.0386 e. The minimum Gasteiger partial charge on any atom is -0.366 e. The van der Waals surface area contributed by atoms with Gasteiger partial charge in [0.2, 0.25) is 0 Å². The Labute approximate surface area is 111 Å². The van der Waals surface area contributed by atoms with E-state index >= 15 is 0 Å². The summed E-state index contributed by atoms with van der Waals surface area (Å²) in [7, 11) is 0. The zero-order valence-electron chi connectivity index (χ0n) is 11.9. The Kier molecular flexibility index (Phi) is 3.96. The molecule has 0 amide bonds. The first kappa shape index (κ1) is 13.4. The SMILES string of the molecule is CCc1ccc(N2CCCC(CN)C2(C)C)cc1. The van der Waals surface area contributed by atoms with Gasteiger partial charge < -0.3 is 10.6 Å². The first-order valence-electron chi connectivity index (χ1n) is 7.16. The highest BCUT2D eigenvalue weighted by Gasteiger charge is 2.37. The van der Waals surface area contributed by atoms with Crippen molar-refractivity contribution in [1.82, 2.24) is 0 Å². The molecule has 100 valence electrons. The molecular weight excluding hydrogens is 220 g/mol. The second-order valence-corrected chi connectivity index (χ2v) is 5.90. The van der Waals surface area contributed by atoms with Crippen LogP contribution >= 0.6 is 0 Å². The molecule has 1 aliphatic rings. The summed E-state index contributed by atoms with van der Waals surface area (Å²) in [6, 6.07) is 9.02. The van der Waals surface area contributed by atoms with E-state index in [0.29, 0.717) is 5.92 Å². The van der Waals surface area contributed by atoms with Gasteiger partial charge in [-0.2, -0.15) is 0 Å². The molecule has 0 saturated carbocycles. The van der Waals surface area contributed by atoms with Gasteiger partial charge in [-0.25, -0.2) is 0 Å². The van der Waals surface area contributed by atoms with Gasteiger partial charge in [-0.05, 0) is 63.3 Å². The Morgan fingerprint density at radius 3 is 2.50 bits per heavy atom. The van der Waals surface area contributed by atoms with Gasteiger partial charge in [0.25, 0.3) is 0 Å². The third-order valence-electron chi connectivity index (χ3n) is 4.57. The molecule has 0 spiro atoms. The molecule has 1 fully saturated rings. The average molecular weight is 246 g/mol. The van der Waals surface area contributed by atoms with Gasteiger partial charge in [-0.1, -0.05) is 19.1 Å². The van der Waals surface area contributed by atoms with E-state index in [4.69, 9.17) is 5.73 Å². The lowest BCUT2D eigenvalue weighted by Gasteiger charge is -2.49. The van der Waals surface area contributed by atoms with Crippen LogP contribution in [0.2, 0.25) is 0 Å². The van der Waals surface area contributed by atoms with Crippen molar-refractivity contribution in [1.29, 1.82) is 0 Å². The predicted octanol–water partition coefficient (Wildman–Crippen LogP) is 3.20. The molecule has 2 heteroatoms. The minimum atomic E-state index is 0.167. The van der Waals surface area contributed by atoms with E-state index in [2.05, 4.69) is 49.9 Å². The van der Waals surface area contributed by atoms with E-state index in [-0.39, 0.29) is 5.54 Å². The number of nitrogens with two attached hydrogens (primary N) is 1. The van der Waals surface area contributed by atoms with Gasteiger partial charge in [-0.15, -0.1) is 0 Å². The van der Waals surface area contributed by atoms with Crippen LogP contribution in [0, 0.1) is 5.92 Å². The van der Waals surface area contributed by atoms with Crippen LogP contribution in [-0.4, -0.2) is 18.6 Å². The highest BCUT2D eigenvalue weighted by atomic mass is 15.2. The Bertz CT molecular complexity index is 381. The fourth-order valence-corrected chi connectivity index (χ4v) is 3.14. The number of nitrogens with zero attached hydrogens (tertiary/aromatic N) is 1. The number of hydrogen-bond donors (Lipinski definition) is 1. The van der Waals surface area contributed by atoms with Crippen molar-refractivity contribution >= 4 is 5.69 Å². The van der Waals surface area contributed by atoms with Gasteiger partial charge in [0, 0.05) is 17.8 Å². The van der Waals surface area contributed by atoms with Crippen LogP contribution in [0.1, 0.15) is 39.2 Å². The van der Waals surface area contributed by atoms with Crippen LogP contribution in [-0.2, 0) is 6.42 Å². The van der Waals surface area contributed by atoms with Gasteiger partial charge in [0.15, 0.2) is 0 Å². The monoisotopic (exact) mass is 246 g/mol. The van der Waals surface area contributed by atoms with E-state index in [1.165, 1.54) is 24.1 Å². The number of anilines is 1. The largest absolute Gasteiger partial charge is 0.366 e. The third kappa shape index (κ3) is 2.39. The van der Waals surface area contributed by atoms with Crippen molar-refractivity contribution in [3.8, 4) is 0 Å². The number of benzene rings is 1. The lowest BCUT2D eigenvalue weighted by atomic mass is 9.78. The highest BCUT2D eigenvalue weighted by Crippen LogP contribution is 2.36. The molecule has 2 nitrogen and oxygen atoms in total. The fourth-order valence-electron chi connectivity index (χ4n) is 3.14. The van der Waals surface area contributed by atoms with E-state index in [1.54, 1.807) is 0 Å². The van der Waals surface area contributed by atoms with Crippen molar-refractivity contribution < 1.29 is 0 Å². The summed E-state index contributed by atoms with van der Waals surface area (Å²) in [4.78, 5) is 2.54. The maximum atomic E-state index is 5.94. The first-order valence-corrected chi connectivity index (χ1v) is 7.16. The summed E-state index contributed by atoms with van der Waals surface area (Å²) in [6.45, 7) is 8.80. The van der Waals surface area contributed by atoms with Gasteiger partial charge >= 0.3 is 0 Å². The smallest absolute Gasteiger partial charge is 0.0386 e. The van der Waals surface area contributed by atoms with Crippen molar-refractivity contribution in [3.05, 3.63) is 29.8 Å². The molecule has 1 aromatic rings. The Morgan fingerprint density at radius 1 is 1.28 bits per heavy atom. The quantitative estimate of drug-likeness (QED) is 0.887. The van der Waals surface area contributed by atoms with Crippen LogP contribution in [0.3, 0.4) is 0 Å². The van der Waals surface area contributed by atoms with Crippen LogP contribution in [0.25, 0.3) is 0 Å². The molecule has 1 saturated heterocycles. The number of piperidine rings is 1. The summed E-state index contributed by atoms with van der Waals surface area (Å²) in [5.41, 5.74) is 8.85. The summed E-state index contributed by atoms with van der Waals surface area (Å²) in [5.74, 6) is 0.595. The van der Waals surface area contributed by atoms with Gasteiger partial charge in [0.1, 0.15) is 0 Å². The molecule has 18 heavy (non-hydrogen) atoms. The summed E-state index contributed by atoms with van der Waals surface area (Å²) in [6.07, 6.45) is 3.61. The molecule has 1 aromatic carbocycles. The van der Waals surface area contributed by atoms with Crippen molar-refractivity contribution in [2.24, 2.45) is 11.7 Å². The minimum absolute atomic E-state index is 0.167. The van der Waals surface area contributed by atoms with E-state index in [1.807, 2.05) is 0 Å². The normalized spacial score (nSPS) is 23.1. The third-order valence-corrected chi connectivity index (χ3v) is 4.57. The van der Waals surface area contributed by atoms with E-state index < -0.39 is 0 Å². The Morgan fingerprint density at radius 2 is 1.94 bits per heavy atom. The standard InChI is InChI=1S/C16H26N2/c1-4-13-7-9-15(10-8-13)18-11-5-6-14(12-17)16(18,2)3/h7-10,14H,4-6,11-12,17H2,1-3H3. The number of rotatable bonds is 3. The second kappa shape index (κ2) is 5.31. The van der Waals surface area contributed by atoms with E-state index in [9.17, 15) is 0 Å². The van der Waals surface area contributed by atoms with Crippen molar-refractivity contribution in [3.63, 3.8) is 0 Å². The molecule has 1 atom stereocenters. The lowest BCUT2D eigenvalue weighted by molar-refractivity contribution is 0.245. The molecule has 2 rings (SSSR count). The van der Waals surface area contributed by atoms with Gasteiger partial charge in [-0.3, -0.25) is 0 Å². The first-order chi connectivity index (χ1) is 8.59. The molecule has 0 aromatic heterocycles. The summed E-state index contributed by atoms with van der Waals surface area (Å²) >= 11 is 0. The van der Waals surface area contributed by atoms with Crippen LogP contribution < -0.4 is 10.6 Å². The molecule has 1 heterocycles. The summed E-state index contributed by atoms with van der Waals surface area (Å²) in [5, 5.41) is 0. The Hall–Kier alpha value is -1.02.